The lowest BCUT2D eigenvalue weighted by molar-refractivity contribution is -0.161. The van der Waals surface area contributed by atoms with E-state index in [-0.39, 0.29) is 24.7 Å². The molecule has 1 rings (SSSR count). The van der Waals surface area contributed by atoms with Gasteiger partial charge in [-0.3, -0.25) is 23.4 Å². The van der Waals surface area contributed by atoms with Crippen molar-refractivity contribution in [3.63, 3.8) is 0 Å². The van der Waals surface area contributed by atoms with Crippen LogP contribution < -0.4 is 5.73 Å². The van der Waals surface area contributed by atoms with E-state index in [0.717, 1.165) is 70.6 Å². The van der Waals surface area contributed by atoms with Crippen LogP contribution in [-0.4, -0.2) is 93.5 Å². The van der Waals surface area contributed by atoms with Gasteiger partial charge in [0.05, 0.1) is 31.5 Å². The van der Waals surface area contributed by atoms with E-state index in [1.807, 2.05) is 6.08 Å². The Morgan fingerprint density at radius 1 is 0.782 bits per heavy atom. The van der Waals surface area contributed by atoms with Crippen LogP contribution in [0.15, 0.2) is 24.3 Å². The molecule has 0 saturated heterocycles. The number of phosphoric ester groups is 1. The van der Waals surface area contributed by atoms with Gasteiger partial charge in [-0.15, -0.1) is 0 Å². The van der Waals surface area contributed by atoms with Crippen molar-refractivity contribution in [1.29, 1.82) is 0 Å². The van der Waals surface area contributed by atoms with Crippen molar-refractivity contribution in [3.8, 4) is 0 Å². The predicted octanol–water partition coefficient (Wildman–Crippen LogP) is 6.66. The molecule has 55 heavy (non-hydrogen) atoms. The quantitative estimate of drug-likeness (QED) is 0.0173. The van der Waals surface area contributed by atoms with Crippen molar-refractivity contribution in [3.05, 3.63) is 24.3 Å². The number of phosphoric acid groups is 1. The monoisotopic (exact) mass is 805 g/mol. The number of carbonyl (C=O) groups excluding carboxylic acids is 2. The van der Waals surface area contributed by atoms with Gasteiger partial charge in [0.2, 0.25) is 0 Å². The molecule has 0 aromatic heterocycles. The Labute approximate surface area is 328 Å². The first-order valence-corrected chi connectivity index (χ1v) is 22.1. The minimum absolute atomic E-state index is 0.0335. The average Bonchev–Trinajstić information content (AvgIpc) is 3.41. The van der Waals surface area contributed by atoms with Crippen LogP contribution in [0, 0.1) is 11.8 Å². The number of ether oxygens (including phenoxy) is 2. The van der Waals surface area contributed by atoms with Crippen molar-refractivity contribution in [1.82, 2.24) is 0 Å². The first kappa shape index (κ1) is 50.9. The van der Waals surface area contributed by atoms with E-state index < -0.39 is 76.0 Å². The minimum Gasteiger partial charge on any atom is -0.480 e. The third kappa shape index (κ3) is 25.7. The number of carbonyl (C=O) groups is 3. The molecule has 0 bridgehead atoms. The Balaban J connectivity index is 2.53. The molecule has 1 aliphatic carbocycles. The fourth-order valence-corrected chi connectivity index (χ4v) is 7.21. The van der Waals surface area contributed by atoms with Gasteiger partial charge in [0.15, 0.2) is 6.10 Å². The summed E-state index contributed by atoms with van der Waals surface area (Å²) in [6, 6.07) is -1.56. The Kier molecular flexibility index (Phi) is 28.6. The molecule has 14 nitrogen and oxygen atoms in total. The van der Waals surface area contributed by atoms with Crippen molar-refractivity contribution in [2.24, 2.45) is 17.6 Å². The van der Waals surface area contributed by atoms with Crippen molar-refractivity contribution in [2.75, 3.05) is 19.8 Å². The highest BCUT2D eigenvalue weighted by molar-refractivity contribution is 7.47. The number of hydrogen-bond acceptors (Lipinski definition) is 12. The molecule has 1 unspecified atom stereocenters. The third-order valence-corrected chi connectivity index (χ3v) is 10.7. The van der Waals surface area contributed by atoms with Crippen LogP contribution in [0.2, 0.25) is 0 Å². The second-order valence-electron chi connectivity index (χ2n) is 14.7. The van der Waals surface area contributed by atoms with Gasteiger partial charge in [0.1, 0.15) is 12.6 Å². The highest BCUT2D eigenvalue weighted by Crippen LogP contribution is 2.43. The fraction of sp³-hybridized carbons (Fsp3) is 0.825. The molecule has 320 valence electrons. The summed E-state index contributed by atoms with van der Waals surface area (Å²) in [7, 11) is -4.77. The number of carboxylic acids is 1. The number of aliphatic hydroxyl groups excluding tert-OH is 3. The number of allylic oxidation sites excluding steroid dienone is 2. The lowest BCUT2D eigenvalue weighted by Gasteiger charge is -2.21. The number of nitrogens with two attached hydrogens (primary N) is 1. The summed E-state index contributed by atoms with van der Waals surface area (Å²) in [5.74, 6) is -2.92. The van der Waals surface area contributed by atoms with E-state index >= 15 is 0 Å². The Morgan fingerprint density at radius 3 is 2.05 bits per heavy atom. The predicted molar refractivity (Wildman–Crippen MR) is 210 cm³/mol. The van der Waals surface area contributed by atoms with E-state index in [2.05, 4.69) is 30.5 Å². The van der Waals surface area contributed by atoms with Gasteiger partial charge in [-0.1, -0.05) is 109 Å². The standard InChI is InChI=1S/C40H72NO13P/c1-3-5-7-8-9-10-11-12-13-14-19-23-38(45)51-28-32(29-52-55(49,50)53-30-35(41)40(47)48)54-39(46)24-20-16-15-18-22-33-34(37(44)27-36(33)43)26-25-31(42)21-17-6-4-2/h8-9,25-26,31-37,42-44H,3-7,10-24,27-30,41H2,1-2H3,(H,47,48)(H,49,50)/b9-8-,26-25+/t31-,32+,33+,34+,35-,36-,37+/m0/s1. The van der Waals surface area contributed by atoms with Gasteiger partial charge in [-0.2, -0.15) is 0 Å². The topological polar surface area (TPSA) is 232 Å². The zero-order chi connectivity index (χ0) is 40.9. The zero-order valence-corrected chi connectivity index (χ0v) is 34.2. The molecule has 0 amide bonds. The second-order valence-corrected chi connectivity index (χ2v) is 16.2. The zero-order valence-electron chi connectivity index (χ0n) is 33.3. The molecule has 1 saturated carbocycles. The van der Waals surface area contributed by atoms with Gasteiger partial charge in [0, 0.05) is 25.2 Å². The van der Waals surface area contributed by atoms with Gasteiger partial charge < -0.3 is 40.5 Å². The van der Waals surface area contributed by atoms with E-state index in [4.69, 9.17) is 24.8 Å². The Bertz CT molecular complexity index is 1150. The first-order valence-electron chi connectivity index (χ1n) is 20.6. The van der Waals surface area contributed by atoms with Crippen LogP contribution >= 0.6 is 7.82 Å². The van der Waals surface area contributed by atoms with E-state index in [1.165, 1.54) is 12.8 Å². The van der Waals surface area contributed by atoms with Crippen LogP contribution in [0.4, 0.5) is 0 Å². The number of aliphatic carboxylic acids is 1. The molecular weight excluding hydrogens is 733 g/mol. The van der Waals surface area contributed by atoms with Crippen LogP contribution in [0.1, 0.15) is 149 Å². The summed E-state index contributed by atoms with van der Waals surface area (Å²) >= 11 is 0. The molecule has 1 aliphatic rings. The molecule has 0 aromatic carbocycles. The Hall–Kier alpha value is -2.16. The summed E-state index contributed by atoms with van der Waals surface area (Å²) in [5, 5.41) is 40.2. The number of unbranched alkanes of at least 4 members (excludes halogenated alkanes) is 12. The Morgan fingerprint density at radius 2 is 1.38 bits per heavy atom. The molecule has 1 fully saturated rings. The van der Waals surface area contributed by atoms with Crippen molar-refractivity contribution >= 4 is 25.7 Å². The second kappa shape index (κ2) is 30.9. The fourth-order valence-electron chi connectivity index (χ4n) is 6.44. The summed E-state index contributed by atoms with van der Waals surface area (Å²) < 4.78 is 32.6. The SMILES string of the molecule is CCCC/C=C\CCCCCCCC(=O)OC[C@H](COP(=O)(O)OC[C@H](N)C(=O)O)OC(=O)CCCCCC[C@@H]1[C@@H](/C=C/[C@@H](O)CCCCC)[C@H](O)C[C@@H]1O. The third-order valence-electron chi connectivity index (χ3n) is 9.77. The lowest BCUT2D eigenvalue weighted by Crippen LogP contribution is -2.34. The van der Waals surface area contributed by atoms with Gasteiger partial charge in [-0.25, -0.2) is 4.57 Å². The number of carboxylic acid groups (broad SMARTS) is 1. The summed E-state index contributed by atoms with van der Waals surface area (Å²) in [6.45, 7) is 2.42. The molecule has 0 aromatic rings. The van der Waals surface area contributed by atoms with E-state index in [9.17, 15) is 39.2 Å². The number of aliphatic hydroxyl groups is 3. The molecule has 8 atom stereocenters. The highest BCUT2D eigenvalue weighted by atomic mass is 31.2. The first-order chi connectivity index (χ1) is 26.3. The van der Waals surface area contributed by atoms with E-state index in [1.54, 1.807) is 6.08 Å². The van der Waals surface area contributed by atoms with Crippen LogP contribution in [0.25, 0.3) is 0 Å². The number of hydrogen-bond donors (Lipinski definition) is 6. The van der Waals surface area contributed by atoms with Crippen LogP contribution in [-0.2, 0) is 37.5 Å². The van der Waals surface area contributed by atoms with Crippen molar-refractivity contribution in [2.45, 2.75) is 179 Å². The van der Waals surface area contributed by atoms with Crippen molar-refractivity contribution < 1.29 is 62.8 Å². The molecule has 15 heteroatoms. The maximum Gasteiger partial charge on any atom is 0.472 e. The molecule has 0 heterocycles. The van der Waals surface area contributed by atoms with Gasteiger partial charge >= 0.3 is 25.7 Å². The summed E-state index contributed by atoms with van der Waals surface area (Å²) in [6.07, 6.45) is 21.8. The average molecular weight is 806 g/mol. The molecule has 7 N–H and O–H groups in total. The molecule has 0 spiro atoms. The maximum atomic E-state index is 12.7. The van der Waals surface area contributed by atoms with Crippen LogP contribution in [0.3, 0.4) is 0 Å². The largest absolute Gasteiger partial charge is 0.480 e. The normalized spacial score (nSPS) is 21.4. The molecular formula is C40H72NO13P. The maximum absolute atomic E-state index is 12.7. The van der Waals surface area contributed by atoms with Crippen LogP contribution in [0.5, 0.6) is 0 Å². The smallest absolute Gasteiger partial charge is 0.472 e. The number of esters is 2. The van der Waals surface area contributed by atoms with E-state index in [0.29, 0.717) is 38.5 Å². The summed E-state index contributed by atoms with van der Waals surface area (Å²) in [5.41, 5.74) is 5.32. The molecule has 0 aliphatic heterocycles. The number of rotatable bonds is 34. The summed E-state index contributed by atoms with van der Waals surface area (Å²) in [4.78, 5) is 46.0. The lowest BCUT2D eigenvalue weighted by atomic mass is 9.88. The van der Waals surface area contributed by atoms with Gasteiger partial charge in [0.25, 0.3) is 0 Å². The van der Waals surface area contributed by atoms with Gasteiger partial charge in [-0.05, 0) is 50.9 Å². The molecule has 0 radical (unpaired) electrons. The highest BCUT2D eigenvalue weighted by Gasteiger charge is 2.39. The minimum atomic E-state index is -4.77.